The van der Waals surface area contributed by atoms with Gasteiger partial charge in [-0.3, -0.25) is 0 Å². The summed E-state index contributed by atoms with van der Waals surface area (Å²) in [4.78, 5) is 0. The van der Waals surface area contributed by atoms with Gasteiger partial charge < -0.3 is 37.9 Å². The van der Waals surface area contributed by atoms with E-state index in [2.05, 4.69) is 131 Å². The van der Waals surface area contributed by atoms with Crippen molar-refractivity contribution < 1.29 is 37.9 Å². The lowest BCUT2D eigenvalue weighted by Gasteiger charge is -2.25. The van der Waals surface area contributed by atoms with E-state index in [1.165, 1.54) is 27.8 Å². The number of allylic oxidation sites excluding steroid dienone is 3. The van der Waals surface area contributed by atoms with Gasteiger partial charge in [-0.2, -0.15) is 0 Å². The fourth-order valence-corrected chi connectivity index (χ4v) is 8.69. The highest BCUT2D eigenvalue weighted by atomic mass is 16.6. The minimum atomic E-state index is -0.0939. The number of ether oxygens (including phenoxy) is 8. The molecule has 3 heterocycles. The molecular formula is C58H66O8. The first-order chi connectivity index (χ1) is 32.3. The van der Waals surface area contributed by atoms with Gasteiger partial charge in [-0.05, 0) is 112 Å². The maximum absolute atomic E-state index is 6.37. The van der Waals surface area contributed by atoms with Crippen LogP contribution in [0.5, 0.6) is 23.0 Å². The topological polar surface area (TPSA) is 83.7 Å². The van der Waals surface area contributed by atoms with Gasteiger partial charge in [-0.25, -0.2) is 0 Å². The van der Waals surface area contributed by atoms with Crippen molar-refractivity contribution in [2.24, 2.45) is 5.92 Å². The van der Waals surface area contributed by atoms with E-state index in [-0.39, 0.29) is 30.1 Å². The molecule has 5 unspecified atom stereocenters. The molecule has 66 heavy (non-hydrogen) atoms. The number of methoxy groups -OCH3 is 1. The molecule has 0 spiro atoms. The zero-order valence-corrected chi connectivity index (χ0v) is 39.0. The molecule has 8 rings (SSSR count). The van der Waals surface area contributed by atoms with E-state index in [9.17, 15) is 0 Å². The maximum atomic E-state index is 6.37. The highest BCUT2D eigenvalue weighted by Crippen LogP contribution is 2.41. The maximum Gasteiger partial charge on any atom is 0.122 e. The Balaban J connectivity index is 1.21. The quantitative estimate of drug-likeness (QED) is 0.0213. The van der Waals surface area contributed by atoms with Crippen LogP contribution in [0.25, 0.3) is 0 Å². The van der Waals surface area contributed by atoms with Crippen LogP contribution in [0.1, 0.15) is 87.7 Å². The van der Waals surface area contributed by atoms with Gasteiger partial charge in [0.15, 0.2) is 0 Å². The van der Waals surface area contributed by atoms with Crippen molar-refractivity contribution in [1.82, 2.24) is 0 Å². The van der Waals surface area contributed by atoms with Crippen molar-refractivity contribution in [3.8, 4) is 23.0 Å². The molecule has 346 valence electrons. The third kappa shape index (κ3) is 12.6. The van der Waals surface area contributed by atoms with Crippen molar-refractivity contribution in [2.75, 3.05) is 60.0 Å². The smallest absolute Gasteiger partial charge is 0.122 e. The molecule has 3 fully saturated rings. The van der Waals surface area contributed by atoms with Gasteiger partial charge in [0.25, 0.3) is 0 Å². The molecule has 8 heteroatoms. The van der Waals surface area contributed by atoms with E-state index in [1.807, 2.05) is 18.2 Å². The second-order valence-corrected chi connectivity index (χ2v) is 18.1. The summed E-state index contributed by atoms with van der Waals surface area (Å²) in [5.41, 5.74) is 11.6. The predicted octanol–water partition coefficient (Wildman–Crippen LogP) is 11.2. The van der Waals surface area contributed by atoms with Crippen LogP contribution < -0.4 is 18.9 Å². The SMILES string of the molecule is C=CCc1cc(C(c2ccc(C(c3ccc(OCC4CO4)c(CC=C)c3)c3ccc(OCC4CO4)c(CC(C)C)c3)cc2)c2ccc(OCC3CO3)c(CC=C)c2)ccc1OCCCOC. The van der Waals surface area contributed by atoms with Crippen LogP contribution in [-0.4, -0.2) is 78.3 Å². The van der Waals surface area contributed by atoms with E-state index in [1.54, 1.807) is 7.11 Å². The summed E-state index contributed by atoms with van der Waals surface area (Å²) in [6.07, 6.45) is 10.1. The number of hydrogen-bond acceptors (Lipinski definition) is 8. The van der Waals surface area contributed by atoms with Gasteiger partial charge in [0.2, 0.25) is 0 Å². The molecule has 3 saturated heterocycles. The van der Waals surface area contributed by atoms with Gasteiger partial charge in [0.05, 0.1) is 26.4 Å². The first-order valence-electron chi connectivity index (χ1n) is 23.6. The molecule has 3 aliphatic rings. The van der Waals surface area contributed by atoms with Crippen LogP contribution >= 0.6 is 0 Å². The normalized spacial score (nSPS) is 18.0. The molecule has 5 aromatic carbocycles. The zero-order valence-electron chi connectivity index (χ0n) is 39.0. The summed E-state index contributed by atoms with van der Waals surface area (Å²) < 4.78 is 47.0. The zero-order chi connectivity index (χ0) is 45.8. The highest BCUT2D eigenvalue weighted by Gasteiger charge is 2.28. The minimum absolute atomic E-state index is 0.0755. The summed E-state index contributed by atoms with van der Waals surface area (Å²) in [5, 5.41) is 0. The van der Waals surface area contributed by atoms with Crippen molar-refractivity contribution in [3.63, 3.8) is 0 Å². The van der Waals surface area contributed by atoms with Crippen LogP contribution in [0.2, 0.25) is 0 Å². The molecule has 5 aromatic rings. The first-order valence-corrected chi connectivity index (χ1v) is 23.6. The van der Waals surface area contributed by atoms with Crippen LogP contribution in [0.15, 0.2) is 135 Å². The fourth-order valence-electron chi connectivity index (χ4n) is 8.69. The Kier molecular flexibility index (Phi) is 16.1. The van der Waals surface area contributed by atoms with Crippen LogP contribution in [0.3, 0.4) is 0 Å². The molecule has 5 atom stereocenters. The Morgan fingerprint density at radius 2 is 0.818 bits per heavy atom. The molecule has 0 aromatic heterocycles. The minimum Gasteiger partial charge on any atom is -0.493 e. The lowest BCUT2D eigenvalue weighted by atomic mass is 9.80. The average Bonchev–Trinajstić information content (AvgIpc) is 4.16. The summed E-state index contributed by atoms with van der Waals surface area (Å²) >= 11 is 0. The Morgan fingerprint density at radius 1 is 0.485 bits per heavy atom. The molecule has 0 amide bonds. The number of rotatable bonds is 28. The Hall–Kier alpha value is -5.64. The van der Waals surface area contributed by atoms with Gasteiger partial charge >= 0.3 is 0 Å². The van der Waals surface area contributed by atoms with Gasteiger partial charge in [0, 0.05) is 32.0 Å². The van der Waals surface area contributed by atoms with E-state index in [0.717, 1.165) is 83.5 Å². The average molecular weight is 891 g/mol. The van der Waals surface area contributed by atoms with Crippen LogP contribution in [0, 0.1) is 5.92 Å². The number of epoxide rings is 3. The summed E-state index contributed by atoms with van der Waals surface area (Å²) in [7, 11) is 1.72. The predicted molar refractivity (Wildman–Crippen MR) is 262 cm³/mol. The lowest BCUT2D eigenvalue weighted by molar-refractivity contribution is 0.172. The van der Waals surface area contributed by atoms with Crippen LogP contribution in [-0.2, 0) is 44.6 Å². The second-order valence-electron chi connectivity index (χ2n) is 18.1. The Labute approximate surface area is 392 Å². The Morgan fingerprint density at radius 3 is 1.15 bits per heavy atom. The summed E-state index contributed by atoms with van der Waals surface area (Å²) in [6.45, 7) is 21.9. The number of hydrogen-bond donors (Lipinski definition) is 0. The highest BCUT2D eigenvalue weighted by molar-refractivity contribution is 5.54. The van der Waals surface area contributed by atoms with Crippen molar-refractivity contribution in [1.29, 1.82) is 0 Å². The molecule has 0 radical (unpaired) electrons. The molecule has 0 N–H and O–H groups in total. The summed E-state index contributed by atoms with van der Waals surface area (Å²) in [5.74, 6) is 3.80. The third-order valence-corrected chi connectivity index (χ3v) is 12.2. The lowest BCUT2D eigenvalue weighted by Crippen LogP contribution is -2.11. The van der Waals surface area contributed by atoms with Gasteiger partial charge in [0.1, 0.15) is 61.1 Å². The third-order valence-electron chi connectivity index (χ3n) is 12.2. The molecule has 0 bridgehead atoms. The van der Waals surface area contributed by atoms with Gasteiger partial charge in [-0.1, -0.05) is 105 Å². The van der Waals surface area contributed by atoms with Crippen molar-refractivity contribution in [2.45, 2.75) is 76.1 Å². The molecule has 3 aliphatic heterocycles. The second kappa shape index (κ2) is 22.7. The monoisotopic (exact) mass is 890 g/mol. The van der Waals surface area contributed by atoms with E-state index >= 15 is 0 Å². The molecule has 8 nitrogen and oxygen atoms in total. The van der Waals surface area contributed by atoms with E-state index < -0.39 is 0 Å². The largest absolute Gasteiger partial charge is 0.493 e. The van der Waals surface area contributed by atoms with E-state index in [0.29, 0.717) is 58.2 Å². The standard InChI is InChI=1S/C58H66O8/c1-7-11-42-29-45(18-22-53(42)60-27-10-26-59-6)57(46-19-23-54(43(30-46)12-8-2)64-36-50-33-61-50)40-14-16-41(17-15-40)58(47-20-24-55(44(31-47)13-9-3)65-37-51-34-62-51)48-21-25-56(66-38-52-35-63-52)49(32-48)28-39(4)5/h7-9,14-25,29-32,39,50-52,57-58H,1-3,10-13,26-28,33-38H2,4-6H3. The summed E-state index contributed by atoms with van der Waals surface area (Å²) in [6, 6.07) is 35.8. The molecule has 0 aliphatic carbocycles. The number of benzene rings is 5. The van der Waals surface area contributed by atoms with Crippen molar-refractivity contribution in [3.05, 3.63) is 191 Å². The van der Waals surface area contributed by atoms with Crippen molar-refractivity contribution >= 4 is 0 Å². The first kappa shape index (κ1) is 46.9. The van der Waals surface area contributed by atoms with Gasteiger partial charge in [-0.15, -0.1) is 19.7 Å². The fraction of sp³-hybridized carbons (Fsp3) is 0.379. The Bertz CT molecular complexity index is 2410. The van der Waals surface area contributed by atoms with E-state index in [4.69, 9.17) is 37.9 Å². The molecular weight excluding hydrogens is 825 g/mol. The molecule has 0 saturated carbocycles. The van der Waals surface area contributed by atoms with Crippen LogP contribution in [0.4, 0.5) is 0 Å².